The molecule has 1 heterocycles. The number of carboxylic acid groups (broad SMARTS) is 1. The van der Waals surface area contributed by atoms with Gasteiger partial charge >= 0.3 is 5.97 Å². The highest BCUT2D eigenvalue weighted by molar-refractivity contribution is 5.70. The lowest BCUT2D eigenvalue weighted by atomic mass is 10.0. The highest BCUT2D eigenvalue weighted by Gasteiger charge is 2.29. The number of likely N-dealkylation sites (tertiary alicyclic amines) is 1. The molecule has 0 amide bonds. The van der Waals surface area contributed by atoms with Crippen LogP contribution in [0.2, 0.25) is 0 Å². The number of carbonyl (C=O) groups is 1. The van der Waals surface area contributed by atoms with Crippen LogP contribution >= 0.6 is 0 Å². The van der Waals surface area contributed by atoms with Gasteiger partial charge < -0.3 is 5.11 Å². The van der Waals surface area contributed by atoms with E-state index in [2.05, 4.69) is 25.7 Å². The molecule has 0 aliphatic carbocycles. The lowest BCUT2D eigenvalue weighted by Crippen LogP contribution is -2.44. The Labute approximate surface area is 86.1 Å². The maximum atomic E-state index is 11.0. The normalized spacial score (nSPS) is 25.8. The molecule has 1 rings (SSSR count). The Morgan fingerprint density at radius 3 is 2.50 bits per heavy atom. The molecule has 0 aromatic carbocycles. The number of nitrogens with zero attached hydrogens (tertiary/aromatic N) is 1. The number of carboxylic acids is 1. The van der Waals surface area contributed by atoms with Gasteiger partial charge in [-0.3, -0.25) is 9.69 Å². The van der Waals surface area contributed by atoms with Crippen LogP contribution in [-0.2, 0) is 4.79 Å². The van der Waals surface area contributed by atoms with E-state index >= 15 is 0 Å². The summed E-state index contributed by atoms with van der Waals surface area (Å²) in [7, 11) is 0. The fourth-order valence-corrected chi connectivity index (χ4v) is 1.95. The minimum Gasteiger partial charge on any atom is -0.481 e. The third kappa shape index (κ3) is 2.98. The van der Waals surface area contributed by atoms with Crippen molar-refractivity contribution in [3.05, 3.63) is 0 Å². The lowest BCUT2D eigenvalue weighted by molar-refractivity contribution is -0.142. The molecule has 0 aromatic rings. The number of hydrogen-bond donors (Lipinski definition) is 1. The Morgan fingerprint density at radius 1 is 1.36 bits per heavy atom. The maximum Gasteiger partial charge on any atom is 0.307 e. The van der Waals surface area contributed by atoms with Gasteiger partial charge in [-0.25, -0.2) is 0 Å². The second kappa shape index (κ2) is 4.30. The molecule has 1 fully saturated rings. The molecule has 0 radical (unpaired) electrons. The Morgan fingerprint density at radius 2 is 2.00 bits per heavy atom. The Hall–Kier alpha value is -0.570. The first kappa shape index (κ1) is 11.5. The van der Waals surface area contributed by atoms with Crippen LogP contribution in [0, 0.1) is 5.92 Å². The molecular formula is C11H21NO2. The lowest BCUT2D eigenvalue weighted by Gasteiger charge is -2.35. The van der Waals surface area contributed by atoms with E-state index in [0.717, 1.165) is 25.8 Å². The molecule has 0 spiro atoms. The monoisotopic (exact) mass is 199 g/mol. The average Bonchev–Trinajstić information content (AvgIpc) is 2.26. The third-order valence-electron chi connectivity index (χ3n) is 2.97. The van der Waals surface area contributed by atoms with Crippen molar-refractivity contribution in [1.82, 2.24) is 4.90 Å². The van der Waals surface area contributed by atoms with Gasteiger partial charge in [-0.05, 0) is 40.2 Å². The van der Waals surface area contributed by atoms with Crippen LogP contribution in [0.15, 0.2) is 0 Å². The molecule has 1 atom stereocenters. The summed E-state index contributed by atoms with van der Waals surface area (Å²) < 4.78 is 0. The van der Waals surface area contributed by atoms with Gasteiger partial charge in [0.2, 0.25) is 0 Å². The van der Waals surface area contributed by atoms with E-state index in [-0.39, 0.29) is 11.5 Å². The summed E-state index contributed by atoms with van der Waals surface area (Å²) in [5, 5.41) is 9.02. The minimum absolute atomic E-state index is 0.0953. The van der Waals surface area contributed by atoms with Gasteiger partial charge in [0.1, 0.15) is 0 Å². The molecule has 14 heavy (non-hydrogen) atoms. The molecule has 1 N–H and O–H groups in total. The number of aliphatic carboxylic acids is 1. The predicted molar refractivity (Wildman–Crippen MR) is 56.3 cm³/mol. The van der Waals surface area contributed by atoms with Crippen molar-refractivity contribution in [2.45, 2.75) is 45.6 Å². The molecule has 3 nitrogen and oxygen atoms in total. The van der Waals surface area contributed by atoms with Crippen molar-refractivity contribution in [3.63, 3.8) is 0 Å². The van der Waals surface area contributed by atoms with Crippen LogP contribution < -0.4 is 0 Å². The van der Waals surface area contributed by atoms with Crippen LogP contribution in [-0.4, -0.2) is 34.6 Å². The molecular weight excluding hydrogens is 178 g/mol. The molecule has 82 valence electrons. The highest BCUT2D eigenvalue weighted by Crippen LogP contribution is 2.23. The molecule has 0 saturated carbocycles. The first-order valence-corrected chi connectivity index (χ1v) is 5.39. The minimum atomic E-state index is -0.638. The zero-order chi connectivity index (χ0) is 10.8. The van der Waals surface area contributed by atoms with Gasteiger partial charge in [0.05, 0.1) is 5.92 Å². The van der Waals surface area contributed by atoms with Gasteiger partial charge in [-0.1, -0.05) is 6.42 Å². The summed E-state index contributed by atoms with van der Waals surface area (Å²) in [4.78, 5) is 13.2. The van der Waals surface area contributed by atoms with Crippen LogP contribution in [0.1, 0.15) is 40.0 Å². The number of hydrogen-bond acceptors (Lipinski definition) is 2. The highest BCUT2D eigenvalue weighted by atomic mass is 16.4. The first-order valence-electron chi connectivity index (χ1n) is 5.39. The summed E-state index contributed by atoms with van der Waals surface area (Å²) >= 11 is 0. The molecule has 1 saturated heterocycles. The van der Waals surface area contributed by atoms with E-state index < -0.39 is 5.97 Å². The second-order valence-corrected chi connectivity index (χ2v) is 5.15. The first-order chi connectivity index (χ1) is 6.41. The van der Waals surface area contributed by atoms with Crippen molar-refractivity contribution >= 4 is 5.97 Å². The van der Waals surface area contributed by atoms with E-state index in [0.29, 0.717) is 6.54 Å². The average molecular weight is 199 g/mol. The Bertz CT molecular complexity index is 208. The molecule has 1 aliphatic rings. The van der Waals surface area contributed by atoms with Crippen LogP contribution in [0.4, 0.5) is 0 Å². The van der Waals surface area contributed by atoms with Crippen molar-refractivity contribution in [3.8, 4) is 0 Å². The predicted octanol–water partition coefficient (Wildman–Crippen LogP) is 1.97. The van der Waals surface area contributed by atoms with Crippen molar-refractivity contribution < 1.29 is 9.90 Å². The zero-order valence-corrected chi connectivity index (χ0v) is 9.42. The summed E-state index contributed by atoms with van der Waals surface area (Å²) in [6.07, 6.45) is 3.01. The van der Waals surface area contributed by atoms with E-state index in [1.54, 1.807) is 0 Å². The Balaban J connectivity index is 2.65. The largest absolute Gasteiger partial charge is 0.481 e. The standard InChI is InChI=1S/C11H21NO2/c1-11(2,3)12-7-5-4-6-9(8-12)10(13)14/h9H,4-8H2,1-3H3,(H,13,14). The smallest absolute Gasteiger partial charge is 0.307 e. The maximum absolute atomic E-state index is 11.0. The third-order valence-corrected chi connectivity index (χ3v) is 2.97. The quantitative estimate of drug-likeness (QED) is 0.702. The van der Waals surface area contributed by atoms with E-state index in [9.17, 15) is 4.79 Å². The molecule has 0 bridgehead atoms. The Kier molecular flexibility index (Phi) is 3.53. The van der Waals surface area contributed by atoms with Crippen molar-refractivity contribution in [2.75, 3.05) is 13.1 Å². The van der Waals surface area contributed by atoms with E-state index in [1.165, 1.54) is 0 Å². The topological polar surface area (TPSA) is 40.5 Å². The molecule has 1 aliphatic heterocycles. The molecule has 3 heteroatoms. The van der Waals surface area contributed by atoms with Gasteiger partial charge in [0.25, 0.3) is 0 Å². The van der Waals surface area contributed by atoms with Gasteiger partial charge in [-0.15, -0.1) is 0 Å². The summed E-state index contributed by atoms with van der Waals surface area (Å²) in [5.74, 6) is -0.808. The van der Waals surface area contributed by atoms with E-state index in [4.69, 9.17) is 5.11 Å². The van der Waals surface area contributed by atoms with Crippen LogP contribution in [0.3, 0.4) is 0 Å². The van der Waals surface area contributed by atoms with Gasteiger partial charge in [0.15, 0.2) is 0 Å². The van der Waals surface area contributed by atoms with Crippen LogP contribution in [0.5, 0.6) is 0 Å². The van der Waals surface area contributed by atoms with Gasteiger partial charge in [-0.2, -0.15) is 0 Å². The second-order valence-electron chi connectivity index (χ2n) is 5.15. The van der Waals surface area contributed by atoms with Gasteiger partial charge in [0, 0.05) is 12.1 Å². The number of rotatable bonds is 1. The zero-order valence-electron chi connectivity index (χ0n) is 9.42. The van der Waals surface area contributed by atoms with Crippen molar-refractivity contribution in [2.24, 2.45) is 5.92 Å². The SMILES string of the molecule is CC(C)(C)N1CCCCC(C(=O)O)C1. The fourth-order valence-electron chi connectivity index (χ4n) is 1.95. The van der Waals surface area contributed by atoms with Crippen molar-refractivity contribution in [1.29, 1.82) is 0 Å². The summed E-state index contributed by atoms with van der Waals surface area (Å²) in [5.41, 5.74) is 0.0953. The molecule has 0 aromatic heterocycles. The molecule has 1 unspecified atom stereocenters. The van der Waals surface area contributed by atoms with E-state index in [1.807, 2.05) is 0 Å². The summed E-state index contributed by atoms with van der Waals surface area (Å²) in [6.45, 7) is 8.19. The summed E-state index contributed by atoms with van der Waals surface area (Å²) in [6, 6.07) is 0. The van der Waals surface area contributed by atoms with Crippen LogP contribution in [0.25, 0.3) is 0 Å². The fraction of sp³-hybridized carbons (Fsp3) is 0.909.